The fourth-order valence-electron chi connectivity index (χ4n) is 10.6. The lowest BCUT2D eigenvalue weighted by Gasteiger charge is -2.46. The molecule has 0 radical (unpaired) electrons. The molecule has 22 nitrogen and oxygen atoms in total. The monoisotopic (exact) mass is 1070 g/mol. The fourth-order valence-corrected chi connectivity index (χ4v) is 11.3. The lowest BCUT2D eigenvalue weighted by molar-refractivity contribution is -0.271. The molecule has 76 heavy (non-hydrogen) atoms. The maximum atomic E-state index is 14.7. The average molecular weight is 1070 g/mol. The van der Waals surface area contributed by atoms with E-state index in [1.165, 1.54) is 29.5 Å². The van der Waals surface area contributed by atoms with Gasteiger partial charge < -0.3 is 54.6 Å². The number of carbonyl (C=O) groups is 5. The summed E-state index contributed by atoms with van der Waals surface area (Å²) in [6, 6.07) is 12.1. The van der Waals surface area contributed by atoms with Crippen molar-refractivity contribution in [3.05, 3.63) is 88.0 Å². The molecule has 410 valence electrons. The number of alkyl carbamates (subject to hydrolysis) is 1. The van der Waals surface area contributed by atoms with Crippen LogP contribution < -0.4 is 25.2 Å². The summed E-state index contributed by atoms with van der Waals surface area (Å²) in [7, 11) is 1.89. The highest BCUT2D eigenvalue weighted by Gasteiger charge is 2.50. The first-order valence-electron chi connectivity index (χ1n) is 25.6. The fraction of sp³-hybridized carbons (Fsp3) is 0.547. The molecular formula is C53H69N9O13S. The molecule has 1 aliphatic carbocycles. The maximum Gasteiger partial charge on any atom is 0.415 e. The molecule has 4 aromatic rings. The third-order valence-corrected chi connectivity index (χ3v) is 15.0. The van der Waals surface area contributed by atoms with Crippen molar-refractivity contribution in [1.29, 1.82) is 0 Å². The number of hydrogen-bond donors (Lipinski definition) is 6. The number of carboxylic acid groups (broad SMARTS) is 1. The zero-order valence-electron chi connectivity index (χ0n) is 44.1. The van der Waals surface area contributed by atoms with Crippen LogP contribution in [0.3, 0.4) is 0 Å². The molecule has 6 N–H and O–H groups in total. The number of fused-ring (bicyclic) bond motifs is 1. The van der Waals surface area contributed by atoms with Crippen LogP contribution in [-0.2, 0) is 51.2 Å². The van der Waals surface area contributed by atoms with E-state index in [-0.39, 0.29) is 55.8 Å². The molecule has 1 saturated carbocycles. The number of aromatic nitrogens is 4. The number of hydrogen-bond acceptors (Lipinski definition) is 17. The van der Waals surface area contributed by atoms with E-state index >= 15 is 0 Å². The molecule has 3 aliphatic heterocycles. The predicted molar refractivity (Wildman–Crippen MR) is 278 cm³/mol. The average Bonchev–Trinajstić information content (AvgIpc) is 4.00. The third-order valence-electron chi connectivity index (χ3n) is 14.2. The zero-order chi connectivity index (χ0) is 54.8. The number of pyridine rings is 1. The van der Waals surface area contributed by atoms with Crippen molar-refractivity contribution in [2.24, 2.45) is 18.9 Å². The topological polar surface area (TPSA) is 281 Å². The van der Waals surface area contributed by atoms with Crippen LogP contribution in [0, 0.1) is 11.8 Å². The van der Waals surface area contributed by atoms with Crippen molar-refractivity contribution in [2.45, 2.75) is 134 Å². The van der Waals surface area contributed by atoms with Crippen LogP contribution in [0.5, 0.6) is 5.75 Å². The lowest BCUT2D eigenvalue weighted by atomic mass is 9.58. The Labute approximate surface area is 445 Å². The highest BCUT2D eigenvalue weighted by Crippen LogP contribution is 2.53. The Bertz CT molecular complexity index is 2820. The molecule has 2 aromatic heterocycles. The highest BCUT2D eigenvalue weighted by molar-refractivity contribution is 7.98. The molecule has 0 bridgehead atoms. The highest BCUT2D eigenvalue weighted by atomic mass is 32.2. The number of aliphatic hydroxyl groups is 3. The third kappa shape index (κ3) is 12.1. The number of nitrogens with one attached hydrogen (secondary N) is 2. The molecule has 0 unspecified atom stereocenters. The first-order chi connectivity index (χ1) is 36.1. The van der Waals surface area contributed by atoms with Gasteiger partial charge >= 0.3 is 18.2 Å². The van der Waals surface area contributed by atoms with Crippen molar-refractivity contribution in [3.8, 4) is 5.75 Å². The van der Waals surface area contributed by atoms with Gasteiger partial charge in [0, 0.05) is 50.2 Å². The number of likely N-dealkylation sites (tertiary alicyclic amines) is 1. The van der Waals surface area contributed by atoms with Crippen LogP contribution in [0.25, 0.3) is 0 Å². The summed E-state index contributed by atoms with van der Waals surface area (Å²) in [5.74, 6) is -0.533. The lowest BCUT2D eigenvalue weighted by Crippen LogP contribution is -2.61. The van der Waals surface area contributed by atoms with Crippen molar-refractivity contribution < 1.29 is 63.3 Å². The SMILES string of the molecule is CCN(C(=O)OCc1ccc(O[C@@H]2O[C@H](C(=O)O)[C@@H](O)[C@H](O)[C@H]2O)c(C(=O)NCCNC(=O)OC(C)(C)C)c1)c1cc(C2(c3nncn3C)CC(C)C2)cc(N2Cc3c(SC)cc(CN4CCC[C@H](C)C4)cc3C2=O)n1. The van der Waals surface area contributed by atoms with Gasteiger partial charge in [0.05, 0.1) is 17.5 Å². The van der Waals surface area contributed by atoms with Crippen LogP contribution in [0.1, 0.15) is 116 Å². The Morgan fingerprint density at radius 3 is 2.38 bits per heavy atom. The minimum absolute atomic E-state index is 0.0392. The molecule has 0 spiro atoms. The van der Waals surface area contributed by atoms with E-state index in [9.17, 15) is 44.4 Å². The second-order valence-electron chi connectivity index (χ2n) is 21.3. The summed E-state index contributed by atoms with van der Waals surface area (Å²) in [5, 5.41) is 55.1. The summed E-state index contributed by atoms with van der Waals surface area (Å²) >= 11 is 1.60. The number of nitrogens with zero attached hydrogens (tertiary/aromatic N) is 7. The number of ether oxygens (including phenoxy) is 4. The number of thioether (sulfide) groups is 1. The second-order valence-corrected chi connectivity index (χ2v) is 22.1. The molecule has 5 heterocycles. The van der Waals surface area contributed by atoms with Gasteiger partial charge in [0.25, 0.3) is 11.8 Å². The Morgan fingerprint density at radius 2 is 1.72 bits per heavy atom. The normalized spacial score (nSPS) is 24.5. The molecule has 2 aromatic carbocycles. The molecule has 8 rings (SSSR count). The molecule has 4 amide bonds. The number of aliphatic carboxylic acids is 1. The van der Waals surface area contributed by atoms with Gasteiger partial charge in [-0.3, -0.25) is 24.3 Å². The molecular weight excluding hydrogens is 1000 g/mol. The summed E-state index contributed by atoms with van der Waals surface area (Å²) in [4.78, 5) is 78.6. The zero-order valence-corrected chi connectivity index (χ0v) is 45.0. The van der Waals surface area contributed by atoms with Crippen molar-refractivity contribution in [2.75, 3.05) is 48.8 Å². The Hall–Kier alpha value is -6.37. The summed E-state index contributed by atoms with van der Waals surface area (Å²) in [6.07, 6.45) is -3.77. The number of piperidine rings is 1. The van der Waals surface area contributed by atoms with E-state index in [2.05, 4.69) is 45.6 Å². The van der Waals surface area contributed by atoms with E-state index in [1.807, 2.05) is 36.1 Å². The number of aryl methyl sites for hydroxylation is 1. The first kappa shape index (κ1) is 55.9. The minimum Gasteiger partial charge on any atom is -0.479 e. The van der Waals surface area contributed by atoms with Gasteiger partial charge in [0.15, 0.2) is 6.10 Å². The first-order valence-corrected chi connectivity index (χ1v) is 26.8. The van der Waals surface area contributed by atoms with Crippen molar-refractivity contribution >= 4 is 53.4 Å². The number of anilines is 2. The molecule has 4 aliphatic rings. The van der Waals surface area contributed by atoms with Gasteiger partial charge in [-0.15, -0.1) is 22.0 Å². The molecule has 23 heteroatoms. The summed E-state index contributed by atoms with van der Waals surface area (Å²) in [5.41, 5.74) is 2.16. The number of carbonyl (C=O) groups excluding carboxylic acids is 4. The van der Waals surface area contributed by atoms with E-state index in [1.54, 1.807) is 50.7 Å². The summed E-state index contributed by atoms with van der Waals surface area (Å²) in [6.45, 7) is 13.9. The quantitative estimate of drug-likeness (QED) is 0.0616. The molecule has 3 fully saturated rings. The van der Waals surface area contributed by atoms with E-state index < -0.39 is 65.8 Å². The van der Waals surface area contributed by atoms with Gasteiger partial charge in [0.2, 0.25) is 6.29 Å². The van der Waals surface area contributed by atoms with Gasteiger partial charge in [-0.2, -0.15) is 0 Å². The Morgan fingerprint density at radius 1 is 0.974 bits per heavy atom. The number of carboxylic acids is 1. The van der Waals surface area contributed by atoms with E-state index in [4.69, 9.17) is 23.9 Å². The predicted octanol–water partition coefficient (Wildman–Crippen LogP) is 4.73. The standard InChI is InChI=1S/C53H69N9O13S/c1-9-61(51(71)72-27-31-12-13-37(73-48-43(65)41(63)42(64)44(74-48)47(68)69)35(17-31)45(66)54-14-15-55-50(70)75-52(4,5)6)39-20-33(53(22-30(3)23-53)49-58-56-28-59(49)7)21-40(57-39)62-26-36-34(46(62)67)18-32(19-38(36)76-8)25-60-16-10-11-29(2)24-60/h12-13,17-21,28-30,41-44,48,63-65H,9-11,14-16,22-27H2,1-8H3,(H,54,66)(H,55,70)(H,68,69)/t29-,30?,41-,42-,43+,44-,48+,53?/m0/s1. The summed E-state index contributed by atoms with van der Waals surface area (Å²) < 4.78 is 24.2. The molecule has 2 saturated heterocycles. The van der Waals surface area contributed by atoms with E-state index in [0.29, 0.717) is 28.8 Å². The van der Waals surface area contributed by atoms with Crippen LogP contribution >= 0.6 is 11.8 Å². The van der Waals surface area contributed by atoms with Crippen LogP contribution in [0.2, 0.25) is 0 Å². The van der Waals surface area contributed by atoms with Gasteiger partial charge in [0.1, 0.15) is 60.1 Å². The molecule has 6 atom stereocenters. The number of benzene rings is 2. The largest absolute Gasteiger partial charge is 0.479 e. The number of aliphatic hydroxyl groups excluding tert-OH is 3. The van der Waals surface area contributed by atoms with Crippen LogP contribution in [0.15, 0.2) is 53.7 Å². The smallest absolute Gasteiger partial charge is 0.415 e. The van der Waals surface area contributed by atoms with Crippen molar-refractivity contribution in [1.82, 2.24) is 35.3 Å². The van der Waals surface area contributed by atoms with Gasteiger partial charge in [-0.25, -0.2) is 19.4 Å². The second kappa shape index (κ2) is 23.1. The van der Waals surface area contributed by atoms with Crippen LogP contribution in [-0.4, -0.2) is 150 Å². The maximum absolute atomic E-state index is 14.7. The van der Waals surface area contributed by atoms with E-state index in [0.717, 1.165) is 66.3 Å². The van der Waals surface area contributed by atoms with Crippen LogP contribution in [0.4, 0.5) is 21.2 Å². The number of rotatable bonds is 17. The minimum atomic E-state index is -1.99. The Balaban J connectivity index is 1.08. The van der Waals surface area contributed by atoms with Gasteiger partial charge in [-0.1, -0.05) is 19.9 Å². The van der Waals surface area contributed by atoms with Crippen molar-refractivity contribution in [3.63, 3.8) is 0 Å². The van der Waals surface area contributed by atoms with Gasteiger partial charge in [-0.05, 0) is 137 Å². The number of amides is 4. The Kier molecular flexibility index (Phi) is 17.0.